The standard InChI is InChI=1S/C16H23NO/c1-11-8-12(2)15(13(3)9-11)10-16(18)17-14-6-4-5-7-14/h8-9,14H,4-7,10H2,1-3H3,(H,17,18). The summed E-state index contributed by atoms with van der Waals surface area (Å²) in [5.41, 5.74) is 4.92. The second kappa shape index (κ2) is 5.55. The van der Waals surface area contributed by atoms with Crippen LogP contribution in [0.4, 0.5) is 0 Å². The molecule has 0 aliphatic heterocycles. The van der Waals surface area contributed by atoms with Gasteiger partial charge >= 0.3 is 0 Å². The quantitative estimate of drug-likeness (QED) is 0.870. The fourth-order valence-electron chi connectivity index (χ4n) is 3.00. The van der Waals surface area contributed by atoms with E-state index in [9.17, 15) is 4.79 Å². The normalized spacial score (nSPS) is 15.9. The molecule has 2 nitrogen and oxygen atoms in total. The lowest BCUT2D eigenvalue weighted by Gasteiger charge is -2.14. The zero-order chi connectivity index (χ0) is 13.1. The topological polar surface area (TPSA) is 29.1 Å². The van der Waals surface area contributed by atoms with Crippen LogP contribution in [-0.2, 0) is 11.2 Å². The molecule has 18 heavy (non-hydrogen) atoms. The van der Waals surface area contributed by atoms with E-state index in [1.807, 2.05) is 0 Å². The van der Waals surface area contributed by atoms with Crippen molar-refractivity contribution in [3.05, 3.63) is 34.4 Å². The van der Waals surface area contributed by atoms with Crippen molar-refractivity contribution in [1.82, 2.24) is 5.32 Å². The first-order valence-electron chi connectivity index (χ1n) is 6.92. The average molecular weight is 245 g/mol. The van der Waals surface area contributed by atoms with Gasteiger partial charge in [-0.05, 0) is 50.3 Å². The number of carbonyl (C=O) groups is 1. The smallest absolute Gasteiger partial charge is 0.224 e. The Kier molecular flexibility index (Phi) is 4.05. The largest absolute Gasteiger partial charge is 0.353 e. The van der Waals surface area contributed by atoms with Gasteiger partial charge in [-0.25, -0.2) is 0 Å². The minimum absolute atomic E-state index is 0.178. The number of aryl methyl sites for hydroxylation is 3. The molecule has 0 saturated heterocycles. The van der Waals surface area contributed by atoms with E-state index in [0.717, 1.165) is 12.8 Å². The van der Waals surface area contributed by atoms with Crippen LogP contribution >= 0.6 is 0 Å². The Bertz CT molecular complexity index is 421. The molecule has 2 rings (SSSR count). The molecule has 1 fully saturated rings. The summed E-state index contributed by atoms with van der Waals surface area (Å²) in [6, 6.07) is 4.74. The third kappa shape index (κ3) is 3.12. The molecular formula is C16H23NO. The molecule has 1 amide bonds. The highest BCUT2D eigenvalue weighted by Gasteiger charge is 2.18. The summed E-state index contributed by atoms with van der Waals surface area (Å²) in [6.45, 7) is 6.29. The van der Waals surface area contributed by atoms with Crippen LogP contribution in [0.1, 0.15) is 47.9 Å². The van der Waals surface area contributed by atoms with Crippen molar-refractivity contribution in [2.45, 2.75) is 58.9 Å². The zero-order valence-electron chi connectivity index (χ0n) is 11.7. The molecule has 1 aromatic carbocycles. The number of hydrogen-bond acceptors (Lipinski definition) is 1. The van der Waals surface area contributed by atoms with Crippen molar-refractivity contribution in [1.29, 1.82) is 0 Å². The zero-order valence-corrected chi connectivity index (χ0v) is 11.7. The van der Waals surface area contributed by atoms with E-state index in [0.29, 0.717) is 12.5 Å². The van der Waals surface area contributed by atoms with Gasteiger partial charge in [0.25, 0.3) is 0 Å². The molecule has 1 saturated carbocycles. The maximum Gasteiger partial charge on any atom is 0.224 e. The van der Waals surface area contributed by atoms with Crippen LogP contribution in [0.5, 0.6) is 0 Å². The van der Waals surface area contributed by atoms with Crippen LogP contribution in [0.25, 0.3) is 0 Å². The number of nitrogens with one attached hydrogen (secondary N) is 1. The van der Waals surface area contributed by atoms with Gasteiger partial charge in [0.05, 0.1) is 6.42 Å². The Labute approximate surface area is 110 Å². The average Bonchev–Trinajstić information content (AvgIpc) is 2.76. The first-order valence-corrected chi connectivity index (χ1v) is 6.92. The van der Waals surface area contributed by atoms with Gasteiger partial charge in [0.2, 0.25) is 5.91 Å². The highest BCUT2D eigenvalue weighted by atomic mass is 16.1. The van der Waals surface area contributed by atoms with Crippen molar-refractivity contribution < 1.29 is 4.79 Å². The Morgan fingerprint density at radius 2 is 1.72 bits per heavy atom. The summed E-state index contributed by atoms with van der Waals surface area (Å²) >= 11 is 0. The first kappa shape index (κ1) is 13.1. The van der Waals surface area contributed by atoms with E-state index < -0.39 is 0 Å². The predicted octanol–water partition coefficient (Wildman–Crippen LogP) is 3.21. The highest BCUT2D eigenvalue weighted by molar-refractivity contribution is 5.79. The monoisotopic (exact) mass is 245 g/mol. The summed E-state index contributed by atoms with van der Waals surface area (Å²) in [4.78, 5) is 12.0. The molecule has 0 aromatic heterocycles. The Hall–Kier alpha value is -1.31. The van der Waals surface area contributed by atoms with Gasteiger partial charge in [-0.2, -0.15) is 0 Å². The number of carbonyl (C=O) groups excluding carboxylic acids is 1. The van der Waals surface area contributed by atoms with Gasteiger partial charge in [-0.1, -0.05) is 30.5 Å². The van der Waals surface area contributed by atoms with Crippen molar-refractivity contribution >= 4 is 5.91 Å². The van der Waals surface area contributed by atoms with Gasteiger partial charge in [-0.3, -0.25) is 4.79 Å². The van der Waals surface area contributed by atoms with E-state index in [4.69, 9.17) is 0 Å². The van der Waals surface area contributed by atoms with Crippen LogP contribution in [0, 0.1) is 20.8 Å². The van der Waals surface area contributed by atoms with Crippen LogP contribution in [-0.4, -0.2) is 11.9 Å². The van der Waals surface area contributed by atoms with Crippen LogP contribution < -0.4 is 5.32 Å². The van der Waals surface area contributed by atoms with Crippen molar-refractivity contribution in [2.75, 3.05) is 0 Å². The van der Waals surface area contributed by atoms with E-state index >= 15 is 0 Å². The number of rotatable bonds is 3. The molecule has 1 aliphatic carbocycles. The second-order valence-corrected chi connectivity index (χ2v) is 5.60. The number of benzene rings is 1. The summed E-state index contributed by atoms with van der Waals surface area (Å²) in [7, 11) is 0. The lowest BCUT2D eigenvalue weighted by molar-refractivity contribution is -0.121. The third-order valence-corrected chi connectivity index (χ3v) is 3.90. The van der Waals surface area contributed by atoms with Crippen molar-refractivity contribution in [3.63, 3.8) is 0 Å². The van der Waals surface area contributed by atoms with Gasteiger partial charge in [-0.15, -0.1) is 0 Å². The minimum atomic E-state index is 0.178. The molecule has 98 valence electrons. The van der Waals surface area contributed by atoms with E-state index in [1.54, 1.807) is 0 Å². The Morgan fingerprint density at radius 3 is 2.28 bits per heavy atom. The minimum Gasteiger partial charge on any atom is -0.353 e. The van der Waals surface area contributed by atoms with E-state index in [2.05, 4.69) is 38.2 Å². The molecule has 1 N–H and O–H groups in total. The SMILES string of the molecule is Cc1cc(C)c(CC(=O)NC2CCCC2)c(C)c1. The fourth-order valence-corrected chi connectivity index (χ4v) is 3.00. The molecule has 0 atom stereocenters. The van der Waals surface area contributed by atoms with Crippen LogP contribution in [0.15, 0.2) is 12.1 Å². The van der Waals surface area contributed by atoms with Gasteiger partial charge < -0.3 is 5.32 Å². The summed E-state index contributed by atoms with van der Waals surface area (Å²) < 4.78 is 0. The first-order chi connectivity index (χ1) is 8.56. The van der Waals surface area contributed by atoms with Gasteiger partial charge in [0.1, 0.15) is 0 Å². The lowest BCUT2D eigenvalue weighted by atomic mass is 9.97. The third-order valence-electron chi connectivity index (χ3n) is 3.90. The fraction of sp³-hybridized carbons (Fsp3) is 0.562. The molecule has 1 aromatic rings. The molecule has 0 unspecified atom stereocenters. The molecule has 0 bridgehead atoms. The van der Waals surface area contributed by atoms with Gasteiger partial charge in [0, 0.05) is 6.04 Å². The maximum atomic E-state index is 12.0. The molecule has 1 aliphatic rings. The summed E-state index contributed by atoms with van der Waals surface area (Å²) in [5.74, 6) is 0.178. The van der Waals surface area contributed by atoms with Crippen LogP contribution in [0.2, 0.25) is 0 Å². The van der Waals surface area contributed by atoms with E-state index in [1.165, 1.54) is 35.1 Å². The van der Waals surface area contributed by atoms with Crippen molar-refractivity contribution in [2.24, 2.45) is 0 Å². The molecule has 0 heterocycles. The van der Waals surface area contributed by atoms with Crippen molar-refractivity contribution in [3.8, 4) is 0 Å². The molecular weight excluding hydrogens is 222 g/mol. The Morgan fingerprint density at radius 1 is 1.17 bits per heavy atom. The number of hydrogen-bond donors (Lipinski definition) is 1. The van der Waals surface area contributed by atoms with Gasteiger partial charge in [0.15, 0.2) is 0 Å². The predicted molar refractivity (Wildman–Crippen MR) is 74.8 cm³/mol. The lowest BCUT2D eigenvalue weighted by Crippen LogP contribution is -2.34. The molecule has 2 heteroatoms. The van der Waals surface area contributed by atoms with Crippen LogP contribution in [0.3, 0.4) is 0 Å². The maximum absolute atomic E-state index is 12.0. The summed E-state index contributed by atoms with van der Waals surface area (Å²) in [6.07, 6.45) is 5.34. The molecule has 0 radical (unpaired) electrons. The summed E-state index contributed by atoms with van der Waals surface area (Å²) in [5, 5.41) is 3.16. The highest BCUT2D eigenvalue weighted by Crippen LogP contribution is 2.19. The van der Waals surface area contributed by atoms with E-state index in [-0.39, 0.29) is 5.91 Å². The Balaban J connectivity index is 2.02. The second-order valence-electron chi connectivity index (χ2n) is 5.60. The molecule has 0 spiro atoms. The number of amides is 1.